The van der Waals surface area contributed by atoms with Gasteiger partial charge in [-0.25, -0.2) is 9.98 Å². The van der Waals surface area contributed by atoms with E-state index >= 15 is 0 Å². The number of benzene rings is 1. The minimum Gasteiger partial charge on any atom is -0.270 e. The number of hydrogen-bond donors (Lipinski definition) is 0. The van der Waals surface area contributed by atoms with Crippen molar-refractivity contribution < 1.29 is 0 Å². The van der Waals surface area contributed by atoms with Gasteiger partial charge in [0, 0.05) is 0 Å². The van der Waals surface area contributed by atoms with Crippen molar-refractivity contribution in [2.75, 3.05) is 0 Å². The summed E-state index contributed by atoms with van der Waals surface area (Å²) in [5.74, 6) is 0. The molecule has 1 aromatic rings. The zero-order valence-electron chi connectivity index (χ0n) is 7.06. The maximum Gasteiger partial charge on any atom is 0.116 e. The van der Waals surface area contributed by atoms with Crippen molar-refractivity contribution in [3.05, 3.63) is 22.8 Å². The number of hydrogen-bond acceptors (Lipinski definition) is 4. The van der Waals surface area contributed by atoms with Crippen LogP contribution in [0.3, 0.4) is 0 Å². The average Bonchev–Trinajstić information content (AvgIpc) is 2.65. The summed E-state index contributed by atoms with van der Waals surface area (Å²) in [7, 11) is 0. The lowest BCUT2D eigenvalue weighted by Crippen LogP contribution is -2.08. The molecule has 13 heavy (non-hydrogen) atoms. The highest BCUT2D eigenvalue weighted by Crippen LogP contribution is 2.31. The Balaban J connectivity index is 2.39. The molecule has 0 spiro atoms. The predicted molar refractivity (Wildman–Crippen MR) is 52.2 cm³/mol. The second-order valence-corrected chi connectivity index (χ2v) is 4.33. The quantitative estimate of drug-likeness (QED) is 0.601. The maximum absolute atomic E-state index is 4.48. The third kappa shape index (κ3) is 0.951. The Bertz CT molecular complexity index is 518. The second kappa shape index (κ2) is 2.42. The Morgan fingerprint density at radius 2 is 2.15 bits per heavy atom. The van der Waals surface area contributed by atoms with Crippen LogP contribution in [-0.2, 0) is 0 Å². The van der Waals surface area contributed by atoms with Gasteiger partial charge < -0.3 is 0 Å². The van der Waals surface area contributed by atoms with E-state index in [0.29, 0.717) is 5.37 Å². The largest absolute Gasteiger partial charge is 0.270 e. The molecular weight excluding hydrogens is 182 g/mol. The van der Waals surface area contributed by atoms with Crippen molar-refractivity contribution >= 4 is 23.8 Å². The van der Waals surface area contributed by atoms with Gasteiger partial charge in [-0.05, 0) is 19.1 Å². The van der Waals surface area contributed by atoms with E-state index in [4.69, 9.17) is 0 Å². The van der Waals surface area contributed by atoms with E-state index in [-0.39, 0.29) is 0 Å². The van der Waals surface area contributed by atoms with Gasteiger partial charge in [-0.3, -0.25) is 4.99 Å². The van der Waals surface area contributed by atoms with Gasteiger partial charge in [-0.2, -0.15) is 0 Å². The van der Waals surface area contributed by atoms with Crippen molar-refractivity contribution in [2.45, 2.75) is 17.2 Å². The Kier molecular flexibility index (Phi) is 1.35. The van der Waals surface area contributed by atoms with Gasteiger partial charge in [-0.15, -0.1) is 0 Å². The summed E-state index contributed by atoms with van der Waals surface area (Å²) < 4.78 is 0. The molecule has 0 N–H and O–H groups in total. The number of nitrogens with zero attached hydrogens (tertiary/aromatic N) is 3. The molecule has 2 aliphatic rings. The highest BCUT2D eigenvalue weighted by molar-refractivity contribution is 8.00. The van der Waals surface area contributed by atoms with Gasteiger partial charge in [0.25, 0.3) is 0 Å². The molecule has 64 valence electrons. The third-order valence-electron chi connectivity index (χ3n) is 2.08. The van der Waals surface area contributed by atoms with Crippen molar-refractivity contribution in [1.82, 2.24) is 0 Å². The Hall–Kier alpha value is -1.16. The first-order valence-corrected chi connectivity index (χ1v) is 5.00. The van der Waals surface area contributed by atoms with E-state index in [0.717, 1.165) is 16.4 Å². The number of thioether (sulfide) groups is 1. The summed E-state index contributed by atoms with van der Waals surface area (Å²) in [6, 6.07) is 3.99. The number of aliphatic imine (C=N–C) groups is 1. The van der Waals surface area contributed by atoms with Gasteiger partial charge in [0.15, 0.2) is 0 Å². The van der Waals surface area contributed by atoms with Crippen LogP contribution in [0.5, 0.6) is 0 Å². The molecule has 0 saturated heterocycles. The van der Waals surface area contributed by atoms with Gasteiger partial charge in [0.05, 0.1) is 21.0 Å². The molecule has 0 fully saturated rings. The highest BCUT2D eigenvalue weighted by atomic mass is 32.2. The molecule has 1 atom stereocenters. The average molecular weight is 189 g/mol. The van der Waals surface area contributed by atoms with Gasteiger partial charge >= 0.3 is 0 Å². The van der Waals surface area contributed by atoms with E-state index in [1.807, 2.05) is 12.1 Å². The van der Waals surface area contributed by atoms with Crippen molar-refractivity contribution in [3.8, 4) is 0 Å². The van der Waals surface area contributed by atoms with Crippen LogP contribution in [0.25, 0.3) is 0 Å². The third-order valence-corrected chi connectivity index (χ3v) is 3.17. The number of rotatable bonds is 0. The standard InChI is InChI=1S/C9H7N3S/c1-5-12-7-3-2-6-8(9(7)13-5)11-4-10-6/h2-5H,1H3. The van der Waals surface area contributed by atoms with E-state index in [1.54, 1.807) is 18.1 Å². The smallest absolute Gasteiger partial charge is 0.116 e. The molecule has 4 heteroatoms. The van der Waals surface area contributed by atoms with E-state index < -0.39 is 0 Å². The molecule has 1 unspecified atom stereocenters. The fourth-order valence-electron chi connectivity index (χ4n) is 1.54. The molecule has 2 heterocycles. The van der Waals surface area contributed by atoms with Crippen LogP contribution in [0.4, 0.5) is 5.69 Å². The summed E-state index contributed by atoms with van der Waals surface area (Å²) in [5, 5.41) is 2.35. The highest BCUT2D eigenvalue weighted by Gasteiger charge is 2.18. The fourth-order valence-corrected chi connectivity index (χ4v) is 2.56. The molecule has 3 nitrogen and oxygen atoms in total. The molecule has 0 radical (unpaired) electrons. The molecule has 3 rings (SSSR count). The Morgan fingerprint density at radius 1 is 1.31 bits per heavy atom. The van der Waals surface area contributed by atoms with Crippen LogP contribution < -0.4 is 10.7 Å². The van der Waals surface area contributed by atoms with Crippen LogP contribution in [0, 0.1) is 0 Å². The normalized spacial score (nSPS) is 22.1. The van der Waals surface area contributed by atoms with Crippen molar-refractivity contribution in [1.29, 1.82) is 0 Å². The molecule has 0 bridgehead atoms. The lowest BCUT2D eigenvalue weighted by Gasteiger charge is -1.97. The zero-order chi connectivity index (χ0) is 8.84. The SMILES string of the molecule is CC1N=c2ccc3c(c2S1)N=CN=3. The van der Waals surface area contributed by atoms with E-state index in [9.17, 15) is 0 Å². The lowest BCUT2D eigenvalue weighted by atomic mass is 10.3. The van der Waals surface area contributed by atoms with Gasteiger partial charge in [-0.1, -0.05) is 11.8 Å². The zero-order valence-corrected chi connectivity index (χ0v) is 7.88. The maximum atomic E-state index is 4.48. The first-order valence-electron chi connectivity index (χ1n) is 4.12. The van der Waals surface area contributed by atoms with Crippen molar-refractivity contribution in [3.63, 3.8) is 0 Å². The van der Waals surface area contributed by atoms with Crippen LogP contribution in [0.15, 0.2) is 32.0 Å². The monoisotopic (exact) mass is 189 g/mol. The number of fused-ring (bicyclic) bond motifs is 3. The first kappa shape index (κ1) is 7.26. The van der Waals surface area contributed by atoms with E-state index in [1.165, 1.54) is 4.90 Å². The molecule has 2 aliphatic heterocycles. The summed E-state index contributed by atoms with van der Waals surface area (Å²) in [6.07, 6.45) is 1.61. The molecule has 0 aromatic heterocycles. The lowest BCUT2D eigenvalue weighted by molar-refractivity contribution is 1.01. The Labute approximate surface area is 79.3 Å². The summed E-state index contributed by atoms with van der Waals surface area (Å²) in [5.41, 5.74) is 0.996. The van der Waals surface area contributed by atoms with Gasteiger partial charge in [0.1, 0.15) is 12.0 Å². The molecule has 0 aliphatic carbocycles. The topological polar surface area (TPSA) is 37.1 Å². The minimum atomic E-state index is 0.317. The minimum absolute atomic E-state index is 0.317. The molecule has 0 saturated carbocycles. The predicted octanol–water partition coefficient (Wildman–Crippen LogP) is 1.05. The van der Waals surface area contributed by atoms with Crippen molar-refractivity contribution in [2.24, 2.45) is 15.0 Å². The molecular formula is C9H7N3S. The van der Waals surface area contributed by atoms with Crippen LogP contribution in [-0.4, -0.2) is 11.7 Å². The van der Waals surface area contributed by atoms with Crippen LogP contribution in [0.1, 0.15) is 6.92 Å². The summed E-state index contributed by atoms with van der Waals surface area (Å²) >= 11 is 1.76. The second-order valence-electron chi connectivity index (χ2n) is 3.00. The molecule has 0 amide bonds. The summed E-state index contributed by atoms with van der Waals surface area (Å²) in [4.78, 5) is 14.0. The van der Waals surface area contributed by atoms with Gasteiger partial charge in [0.2, 0.25) is 0 Å². The Morgan fingerprint density at radius 3 is 3.08 bits per heavy atom. The van der Waals surface area contributed by atoms with Crippen LogP contribution in [0.2, 0.25) is 0 Å². The fraction of sp³-hybridized carbons (Fsp3) is 0.222. The molecule has 1 aromatic carbocycles. The first-order chi connectivity index (χ1) is 6.34. The van der Waals surface area contributed by atoms with Crippen LogP contribution >= 0.6 is 11.8 Å². The summed E-state index contributed by atoms with van der Waals surface area (Å²) in [6.45, 7) is 2.09. The van der Waals surface area contributed by atoms with E-state index in [2.05, 4.69) is 21.9 Å².